The van der Waals surface area contributed by atoms with Crippen molar-refractivity contribution >= 4 is 12.1 Å². The quantitative estimate of drug-likeness (QED) is 0.667. The lowest BCUT2D eigenvalue weighted by Gasteiger charge is -2.28. The zero-order chi connectivity index (χ0) is 14.4. The summed E-state index contributed by atoms with van der Waals surface area (Å²) in [5.74, 6) is 0.281. The molecule has 0 spiro atoms. The highest BCUT2D eigenvalue weighted by atomic mass is 16.6. The summed E-state index contributed by atoms with van der Waals surface area (Å²) in [4.78, 5) is 25.0. The van der Waals surface area contributed by atoms with Crippen molar-refractivity contribution in [3.63, 3.8) is 0 Å². The maximum absolute atomic E-state index is 11.8. The van der Waals surface area contributed by atoms with Crippen LogP contribution in [0, 0.1) is 11.8 Å². The predicted molar refractivity (Wildman–Crippen MR) is 71.7 cm³/mol. The molecular formula is C14H25NO4. The van der Waals surface area contributed by atoms with Crippen molar-refractivity contribution in [2.75, 3.05) is 20.3 Å². The van der Waals surface area contributed by atoms with Crippen LogP contribution < -0.4 is 0 Å². The standard InChI is InChI=1S/C14H25NO4/c1-5-6-11(7-13(16)18-4)8-15-12(10(2)3)9-19-14(15)17/h10-12H,5-9H2,1-4H3/t11-,12-/m1/s1. The highest BCUT2D eigenvalue weighted by Gasteiger charge is 2.36. The van der Waals surface area contributed by atoms with Crippen LogP contribution in [-0.4, -0.2) is 43.3 Å². The molecule has 0 aliphatic carbocycles. The molecule has 0 unspecified atom stereocenters. The summed E-state index contributed by atoms with van der Waals surface area (Å²) in [6.45, 7) is 7.26. The van der Waals surface area contributed by atoms with Gasteiger partial charge in [0.1, 0.15) is 6.61 Å². The molecular weight excluding hydrogens is 246 g/mol. The number of esters is 1. The van der Waals surface area contributed by atoms with Crippen LogP contribution in [0.25, 0.3) is 0 Å². The molecule has 5 heteroatoms. The van der Waals surface area contributed by atoms with Gasteiger partial charge in [-0.3, -0.25) is 4.79 Å². The van der Waals surface area contributed by atoms with E-state index in [1.54, 1.807) is 4.90 Å². The molecule has 110 valence electrons. The summed E-state index contributed by atoms with van der Waals surface area (Å²) in [6.07, 6.45) is 1.99. The second-order valence-electron chi connectivity index (χ2n) is 5.48. The van der Waals surface area contributed by atoms with Crippen molar-refractivity contribution in [3.05, 3.63) is 0 Å². The van der Waals surface area contributed by atoms with Gasteiger partial charge in [-0.2, -0.15) is 0 Å². The van der Waals surface area contributed by atoms with E-state index in [0.717, 1.165) is 12.8 Å². The third kappa shape index (κ3) is 4.40. The van der Waals surface area contributed by atoms with Gasteiger partial charge in [0.05, 0.1) is 13.2 Å². The monoisotopic (exact) mass is 271 g/mol. The van der Waals surface area contributed by atoms with E-state index < -0.39 is 0 Å². The molecule has 1 heterocycles. The van der Waals surface area contributed by atoms with Gasteiger partial charge in [0.15, 0.2) is 0 Å². The number of carbonyl (C=O) groups excluding carboxylic acids is 2. The van der Waals surface area contributed by atoms with Crippen molar-refractivity contribution < 1.29 is 19.1 Å². The van der Waals surface area contributed by atoms with Crippen LogP contribution in [0.3, 0.4) is 0 Å². The van der Waals surface area contributed by atoms with E-state index in [0.29, 0.717) is 25.5 Å². The third-order valence-corrected chi connectivity index (χ3v) is 3.62. The first-order chi connectivity index (χ1) is 8.99. The maximum Gasteiger partial charge on any atom is 0.410 e. The molecule has 1 rings (SSSR count). The van der Waals surface area contributed by atoms with Crippen LogP contribution in [0.1, 0.15) is 40.0 Å². The molecule has 0 bridgehead atoms. The number of hydrogen-bond donors (Lipinski definition) is 0. The van der Waals surface area contributed by atoms with E-state index in [1.807, 2.05) is 0 Å². The molecule has 0 aromatic rings. The van der Waals surface area contributed by atoms with Crippen LogP contribution in [0.2, 0.25) is 0 Å². The van der Waals surface area contributed by atoms with Gasteiger partial charge in [-0.25, -0.2) is 4.79 Å². The van der Waals surface area contributed by atoms with E-state index >= 15 is 0 Å². The van der Waals surface area contributed by atoms with Crippen molar-refractivity contribution in [3.8, 4) is 0 Å². The summed E-state index contributed by atoms with van der Waals surface area (Å²) in [5, 5.41) is 0. The average molecular weight is 271 g/mol. The van der Waals surface area contributed by atoms with E-state index in [9.17, 15) is 9.59 Å². The Morgan fingerprint density at radius 2 is 2.21 bits per heavy atom. The molecule has 0 N–H and O–H groups in total. The number of nitrogens with zero attached hydrogens (tertiary/aromatic N) is 1. The fraction of sp³-hybridized carbons (Fsp3) is 0.857. The number of ether oxygens (including phenoxy) is 2. The number of cyclic esters (lactones) is 1. The molecule has 0 radical (unpaired) electrons. The topological polar surface area (TPSA) is 55.8 Å². The zero-order valence-electron chi connectivity index (χ0n) is 12.3. The maximum atomic E-state index is 11.8. The summed E-state index contributed by atoms with van der Waals surface area (Å²) >= 11 is 0. The van der Waals surface area contributed by atoms with Gasteiger partial charge in [-0.05, 0) is 18.3 Å². The molecule has 0 aromatic carbocycles. The molecule has 1 aliphatic heterocycles. The van der Waals surface area contributed by atoms with Crippen LogP contribution >= 0.6 is 0 Å². The molecule has 5 nitrogen and oxygen atoms in total. The predicted octanol–water partition coefficient (Wildman–Crippen LogP) is 2.44. The third-order valence-electron chi connectivity index (χ3n) is 3.62. The number of carbonyl (C=O) groups is 2. The van der Waals surface area contributed by atoms with Gasteiger partial charge in [0.25, 0.3) is 0 Å². The molecule has 2 atom stereocenters. The summed E-state index contributed by atoms with van der Waals surface area (Å²) in [7, 11) is 1.40. The molecule has 1 fully saturated rings. The van der Waals surface area contributed by atoms with Gasteiger partial charge < -0.3 is 14.4 Å². The van der Waals surface area contributed by atoms with E-state index in [4.69, 9.17) is 9.47 Å². The van der Waals surface area contributed by atoms with Crippen LogP contribution in [0.5, 0.6) is 0 Å². The zero-order valence-corrected chi connectivity index (χ0v) is 12.3. The minimum Gasteiger partial charge on any atom is -0.469 e. The second-order valence-corrected chi connectivity index (χ2v) is 5.48. The van der Waals surface area contributed by atoms with Gasteiger partial charge in [0, 0.05) is 13.0 Å². The summed E-state index contributed by atoms with van der Waals surface area (Å²) < 4.78 is 9.84. The number of methoxy groups -OCH3 is 1. The Kier molecular flexibility index (Phi) is 6.12. The highest BCUT2D eigenvalue weighted by Crippen LogP contribution is 2.23. The smallest absolute Gasteiger partial charge is 0.410 e. The lowest BCUT2D eigenvalue weighted by Crippen LogP contribution is -2.40. The molecule has 1 aliphatic rings. The van der Waals surface area contributed by atoms with Gasteiger partial charge in [0.2, 0.25) is 0 Å². The summed E-state index contributed by atoms with van der Waals surface area (Å²) in [5.41, 5.74) is 0. The van der Waals surface area contributed by atoms with Gasteiger partial charge in [-0.15, -0.1) is 0 Å². The van der Waals surface area contributed by atoms with Crippen molar-refractivity contribution in [2.45, 2.75) is 46.1 Å². The SMILES string of the molecule is CCC[C@H](CC(=O)OC)CN1C(=O)OC[C@@H]1C(C)C. The molecule has 0 saturated carbocycles. The fourth-order valence-corrected chi connectivity index (χ4v) is 2.49. The first-order valence-electron chi connectivity index (χ1n) is 6.99. The van der Waals surface area contributed by atoms with Crippen LogP contribution in [0.4, 0.5) is 4.79 Å². The first-order valence-corrected chi connectivity index (χ1v) is 6.99. The molecule has 1 saturated heterocycles. The number of hydrogen-bond acceptors (Lipinski definition) is 4. The number of rotatable bonds is 7. The van der Waals surface area contributed by atoms with Crippen LogP contribution in [0.15, 0.2) is 0 Å². The van der Waals surface area contributed by atoms with Crippen molar-refractivity contribution in [1.29, 1.82) is 0 Å². The fourth-order valence-electron chi connectivity index (χ4n) is 2.49. The Morgan fingerprint density at radius 3 is 2.74 bits per heavy atom. The lowest BCUT2D eigenvalue weighted by molar-refractivity contribution is -0.141. The van der Waals surface area contributed by atoms with Crippen molar-refractivity contribution in [1.82, 2.24) is 4.90 Å². The Bertz CT molecular complexity index is 317. The molecule has 1 amide bonds. The molecule has 0 aromatic heterocycles. The minimum atomic E-state index is -0.260. The Labute approximate surface area is 115 Å². The second kappa shape index (κ2) is 7.36. The highest BCUT2D eigenvalue weighted by molar-refractivity contribution is 5.71. The Morgan fingerprint density at radius 1 is 1.53 bits per heavy atom. The van der Waals surface area contributed by atoms with E-state index in [1.165, 1.54) is 7.11 Å². The van der Waals surface area contributed by atoms with Gasteiger partial charge >= 0.3 is 12.1 Å². The first kappa shape index (κ1) is 15.8. The van der Waals surface area contributed by atoms with E-state index in [2.05, 4.69) is 20.8 Å². The largest absolute Gasteiger partial charge is 0.469 e. The normalized spacial score (nSPS) is 20.6. The lowest BCUT2D eigenvalue weighted by atomic mass is 9.97. The van der Waals surface area contributed by atoms with Crippen molar-refractivity contribution in [2.24, 2.45) is 11.8 Å². The number of amides is 1. The van der Waals surface area contributed by atoms with E-state index in [-0.39, 0.29) is 24.0 Å². The average Bonchev–Trinajstić information content (AvgIpc) is 2.71. The van der Waals surface area contributed by atoms with Crippen LogP contribution in [-0.2, 0) is 14.3 Å². The summed E-state index contributed by atoms with van der Waals surface area (Å²) in [6, 6.07) is 0.115. The Balaban J connectivity index is 2.65. The molecule has 19 heavy (non-hydrogen) atoms. The minimum absolute atomic E-state index is 0.115. The van der Waals surface area contributed by atoms with Gasteiger partial charge in [-0.1, -0.05) is 27.2 Å². The Hall–Kier alpha value is -1.26.